The van der Waals surface area contributed by atoms with Crippen LogP contribution in [0.25, 0.3) is 0 Å². The third kappa shape index (κ3) is 4.03. The Kier molecular flexibility index (Phi) is 5.16. The molecular weight excluding hydrogens is 292 g/mol. The summed E-state index contributed by atoms with van der Waals surface area (Å²) in [7, 11) is 0. The van der Waals surface area contributed by atoms with Gasteiger partial charge in [-0.1, -0.05) is 36.8 Å². The summed E-state index contributed by atoms with van der Waals surface area (Å²) in [5, 5.41) is 3.03. The predicted octanol–water partition coefficient (Wildman–Crippen LogP) is 2.36. The van der Waals surface area contributed by atoms with Gasteiger partial charge in [0.1, 0.15) is 6.04 Å². The Balaban J connectivity index is 1.68. The van der Waals surface area contributed by atoms with Gasteiger partial charge < -0.3 is 10.1 Å². The van der Waals surface area contributed by atoms with E-state index in [-0.39, 0.29) is 12.0 Å². The maximum atomic E-state index is 12.7. The highest BCUT2D eigenvalue weighted by molar-refractivity contribution is 5.86. The molecule has 5 nitrogen and oxygen atoms in total. The molecular formula is C18H24N2O3. The number of carbonyl (C=O) groups excluding carboxylic acids is 2. The van der Waals surface area contributed by atoms with E-state index in [0.717, 1.165) is 12.0 Å². The van der Waals surface area contributed by atoms with E-state index in [1.165, 1.54) is 19.3 Å². The minimum absolute atomic E-state index is 0.0698. The summed E-state index contributed by atoms with van der Waals surface area (Å²) in [5.74, 6) is 0.532. The van der Waals surface area contributed by atoms with E-state index in [2.05, 4.69) is 5.32 Å². The molecule has 1 heterocycles. The first-order valence-corrected chi connectivity index (χ1v) is 8.49. The number of amides is 2. The van der Waals surface area contributed by atoms with Crippen LogP contribution in [0.3, 0.4) is 0 Å². The topological polar surface area (TPSA) is 58.6 Å². The normalized spacial score (nSPS) is 19.7. The van der Waals surface area contributed by atoms with Crippen LogP contribution >= 0.6 is 0 Å². The Labute approximate surface area is 137 Å². The first kappa shape index (κ1) is 15.8. The molecule has 1 saturated heterocycles. The largest absolute Gasteiger partial charge is 0.449 e. The molecule has 5 heteroatoms. The summed E-state index contributed by atoms with van der Waals surface area (Å²) in [6.07, 6.45) is 4.55. The number of hydrogen-bond acceptors (Lipinski definition) is 3. The van der Waals surface area contributed by atoms with Gasteiger partial charge in [-0.25, -0.2) is 4.79 Å². The molecule has 23 heavy (non-hydrogen) atoms. The molecule has 1 aromatic carbocycles. The molecule has 1 saturated carbocycles. The van der Waals surface area contributed by atoms with E-state index in [0.29, 0.717) is 32.0 Å². The lowest BCUT2D eigenvalue weighted by Gasteiger charge is -2.34. The molecule has 2 amide bonds. The van der Waals surface area contributed by atoms with Crippen molar-refractivity contribution in [2.45, 2.75) is 38.1 Å². The van der Waals surface area contributed by atoms with E-state index in [1.54, 1.807) is 4.90 Å². The van der Waals surface area contributed by atoms with Crippen molar-refractivity contribution < 1.29 is 14.3 Å². The van der Waals surface area contributed by atoms with Crippen molar-refractivity contribution in [2.75, 3.05) is 19.7 Å². The fourth-order valence-electron chi connectivity index (χ4n) is 3.09. The minimum Gasteiger partial charge on any atom is -0.449 e. The summed E-state index contributed by atoms with van der Waals surface area (Å²) >= 11 is 0. The first-order valence-electron chi connectivity index (χ1n) is 8.49. The highest BCUT2D eigenvalue weighted by Crippen LogP contribution is 2.25. The SMILES string of the molecule is O=C(NCC1CCC1)[C@@H](Cc1ccccc1)N1CCCOC1=O. The van der Waals surface area contributed by atoms with Gasteiger partial charge >= 0.3 is 6.09 Å². The van der Waals surface area contributed by atoms with Gasteiger partial charge in [0.05, 0.1) is 6.61 Å². The summed E-state index contributed by atoms with van der Waals surface area (Å²) in [6.45, 7) is 1.73. The Morgan fingerprint density at radius 1 is 1.26 bits per heavy atom. The van der Waals surface area contributed by atoms with E-state index in [1.807, 2.05) is 30.3 Å². The van der Waals surface area contributed by atoms with Crippen molar-refractivity contribution in [1.82, 2.24) is 10.2 Å². The number of nitrogens with one attached hydrogen (secondary N) is 1. The highest BCUT2D eigenvalue weighted by Gasteiger charge is 2.33. The molecule has 0 unspecified atom stereocenters. The van der Waals surface area contributed by atoms with Gasteiger partial charge in [0, 0.05) is 19.5 Å². The molecule has 1 aliphatic carbocycles. The molecule has 1 aliphatic heterocycles. The molecule has 1 aromatic rings. The van der Waals surface area contributed by atoms with Crippen molar-refractivity contribution in [3.05, 3.63) is 35.9 Å². The predicted molar refractivity (Wildman–Crippen MR) is 87.0 cm³/mol. The Bertz CT molecular complexity index is 542. The summed E-state index contributed by atoms with van der Waals surface area (Å²) in [6, 6.07) is 9.33. The zero-order valence-electron chi connectivity index (χ0n) is 13.4. The number of benzene rings is 1. The molecule has 0 aromatic heterocycles. The van der Waals surface area contributed by atoms with Crippen LogP contribution in [0.1, 0.15) is 31.2 Å². The Morgan fingerprint density at radius 3 is 2.70 bits per heavy atom. The van der Waals surface area contributed by atoms with Crippen LogP contribution in [0.5, 0.6) is 0 Å². The summed E-state index contributed by atoms with van der Waals surface area (Å²) in [5.41, 5.74) is 1.05. The molecule has 0 bridgehead atoms. The molecule has 124 valence electrons. The lowest BCUT2D eigenvalue weighted by Crippen LogP contribution is -2.53. The quantitative estimate of drug-likeness (QED) is 0.876. The second-order valence-electron chi connectivity index (χ2n) is 6.41. The van der Waals surface area contributed by atoms with Crippen molar-refractivity contribution in [2.24, 2.45) is 5.92 Å². The van der Waals surface area contributed by atoms with Gasteiger partial charge in [-0.15, -0.1) is 0 Å². The van der Waals surface area contributed by atoms with Gasteiger partial charge in [0.2, 0.25) is 5.91 Å². The Hall–Kier alpha value is -2.04. The van der Waals surface area contributed by atoms with Crippen LogP contribution in [0.15, 0.2) is 30.3 Å². The number of hydrogen-bond donors (Lipinski definition) is 1. The van der Waals surface area contributed by atoms with Gasteiger partial charge in [0.25, 0.3) is 0 Å². The fraction of sp³-hybridized carbons (Fsp3) is 0.556. The number of rotatable bonds is 6. The second-order valence-corrected chi connectivity index (χ2v) is 6.41. The van der Waals surface area contributed by atoms with Crippen molar-refractivity contribution >= 4 is 12.0 Å². The number of cyclic esters (lactones) is 1. The van der Waals surface area contributed by atoms with Gasteiger partial charge in [-0.3, -0.25) is 9.69 Å². The van der Waals surface area contributed by atoms with E-state index in [4.69, 9.17) is 4.74 Å². The highest BCUT2D eigenvalue weighted by atomic mass is 16.6. The van der Waals surface area contributed by atoms with E-state index < -0.39 is 6.04 Å². The summed E-state index contributed by atoms with van der Waals surface area (Å²) < 4.78 is 5.12. The molecule has 2 fully saturated rings. The monoisotopic (exact) mass is 316 g/mol. The second kappa shape index (κ2) is 7.49. The Morgan fingerprint density at radius 2 is 2.04 bits per heavy atom. The zero-order valence-corrected chi connectivity index (χ0v) is 13.4. The van der Waals surface area contributed by atoms with Crippen LogP contribution in [0, 0.1) is 5.92 Å². The minimum atomic E-state index is -0.495. The maximum Gasteiger partial charge on any atom is 0.410 e. The lowest BCUT2D eigenvalue weighted by atomic mass is 9.85. The van der Waals surface area contributed by atoms with Gasteiger partial charge in [-0.2, -0.15) is 0 Å². The molecule has 0 radical (unpaired) electrons. The third-order valence-corrected chi connectivity index (χ3v) is 4.74. The van der Waals surface area contributed by atoms with Gasteiger partial charge in [-0.05, 0) is 30.7 Å². The standard InChI is InChI=1S/C18H24N2O3/c21-17(19-13-15-8-4-9-15)16(12-14-6-2-1-3-7-14)20-10-5-11-23-18(20)22/h1-3,6-7,15-16H,4-5,8-13H2,(H,19,21)/t16-/m1/s1. The van der Waals surface area contributed by atoms with Crippen molar-refractivity contribution in [3.63, 3.8) is 0 Å². The lowest BCUT2D eigenvalue weighted by molar-refractivity contribution is -0.126. The number of ether oxygens (including phenoxy) is 1. The molecule has 1 atom stereocenters. The van der Waals surface area contributed by atoms with Crippen molar-refractivity contribution in [3.8, 4) is 0 Å². The van der Waals surface area contributed by atoms with E-state index >= 15 is 0 Å². The van der Waals surface area contributed by atoms with Crippen LogP contribution in [0.2, 0.25) is 0 Å². The third-order valence-electron chi connectivity index (χ3n) is 4.74. The number of nitrogens with zero attached hydrogens (tertiary/aromatic N) is 1. The smallest absolute Gasteiger partial charge is 0.410 e. The summed E-state index contributed by atoms with van der Waals surface area (Å²) in [4.78, 5) is 26.3. The number of carbonyl (C=O) groups is 2. The average molecular weight is 316 g/mol. The van der Waals surface area contributed by atoms with Crippen LogP contribution in [-0.2, 0) is 16.0 Å². The van der Waals surface area contributed by atoms with Crippen LogP contribution in [-0.4, -0.2) is 42.6 Å². The zero-order chi connectivity index (χ0) is 16.1. The van der Waals surface area contributed by atoms with Gasteiger partial charge in [0.15, 0.2) is 0 Å². The van der Waals surface area contributed by atoms with Crippen molar-refractivity contribution in [1.29, 1.82) is 0 Å². The van der Waals surface area contributed by atoms with Crippen LogP contribution in [0.4, 0.5) is 4.79 Å². The molecule has 1 N–H and O–H groups in total. The molecule has 2 aliphatic rings. The van der Waals surface area contributed by atoms with Crippen LogP contribution < -0.4 is 5.32 Å². The maximum absolute atomic E-state index is 12.7. The van der Waals surface area contributed by atoms with E-state index in [9.17, 15) is 9.59 Å². The molecule has 0 spiro atoms. The average Bonchev–Trinajstić information content (AvgIpc) is 2.53. The molecule has 3 rings (SSSR count). The fourth-order valence-corrected chi connectivity index (χ4v) is 3.09. The first-order chi connectivity index (χ1) is 11.2.